The number of nitrogens with one attached hydrogen (secondary N) is 1. The van der Waals surface area contributed by atoms with Crippen molar-refractivity contribution >= 4 is 38.1 Å². The second kappa shape index (κ2) is 9.90. The van der Waals surface area contributed by atoms with Crippen LogP contribution in [0.25, 0.3) is 10.8 Å². The van der Waals surface area contributed by atoms with Crippen LogP contribution in [0.5, 0.6) is 0 Å². The van der Waals surface area contributed by atoms with Gasteiger partial charge in [-0.2, -0.15) is 0 Å². The molecule has 2 aliphatic heterocycles. The molecule has 0 radical (unpaired) electrons. The van der Waals surface area contributed by atoms with Crippen LogP contribution in [0, 0.1) is 5.92 Å². The van der Waals surface area contributed by atoms with Gasteiger partial charge < -0.3 is 9.80 Å². The maximum absolute atomic E-state index is 13.6. The van der Waals surface area contributed by atoms with Crippen LogP contribution >= 0.6 is 0 Å². The summed E-state index contributed by atoms with van der Waals surface area (Å²) >= 11 is 0. The molecule has 2 aliphatic rings. The van der Waals surface area contributed by atoms with E-state index in [-0.39, 0.29) is 10.8 Å². The van der Waals surface area contributed by atoms with E-state index in [9.17, 15) is 13.2 Å². The maximum Gasteiger partial charge on any atom is 0.261 e. The summed E-state index contributed by atoms with van der Waals surface area (Å²) in [4.78, 5) is 18.0. The Kier molecular flexibility index (Phi) is 6.69. The average Bonchev–Trinajstić information content (AvgIpc) is 2.89. The van der Waals surface area contributed by atoms with Crippen LogP contribution in [-0.2, 0) is 10.0 Å². The SMILES string of the molecule is CC1CCN(c2ccc(NS(=O)(=O)c3ccc4ccccc4c3)cc2C(=O)N2CCCCC2)CC1. The molecule has 3 aromatic rings. The molecule has 184 valence electrons. The van der Waals surface area contributed by atoms with Crippen molar-refractivity contribution in [1.29, 1.82) is 0 Å². The molecule has 2 heterocycles. The molecule has 0 spiro atoms. The van der Waals surface area contributed by atoms with Crippen molar-refractivity contribution < 1.29 is 13.2 Å². The lowest BCUT2D eigenvalue weighted by molar-refractivity contribution is 0.0725. The number of hydrogen-bond donors (Lipinski definition) is 1. The summed E-state index contributed by atoms with van der Waals surface area (Å²) in [6.45, 7) is 5.58. The molecule has 5 rings (SSSR count). The fourth-order valence-electron chi connectivity index (χ4n) is 5.11. The smallest absolute Gasteiger partial charge is 0.261 e. The second-order valence-corrected chi connectivity index (χ2v) is 11.6. The lowest BCUT2D eigenvalue weighted by atomic mass is 9.97. The van der Waals surface area contributed by atoms with Crippen LogP contribution in [-0.4, -0.2) is 45.4 Å². The van der Waals surface area contributed by atoms with Gasteiger partial charge in [-0.05, 0) is 79.1 Å². The summed E-state index contributed by atoms with van der Waals surface area (Å²) in [6, 6.07) is 18.2. The van der Waals surface area contributed by atoms with Crippen LogP contribution in [0.3, 0.4) is 0 Å². The molecule has 2 saturated heterocycles. The van der Waals surface area contributed by atoms with E-state index in [4.69, 9.17) is 0 Å². The molecule has 1 amide bonds. The Morgan fingerprint density at radius 1 is 0.857 bits per heavy atom. The van der Waals surface area contributed by atoms with Crippen molar-refractivity contribution in [2.24, 2.45) is 5.92 Å². The Balaban J connectivity index is 1.47. The number of rotatable bonds is 5. The molecule has 0 saturated carbocycles. The number of anilines is 2. The third-order valence-electron chi connectivity index (χ3n) is 7.28. The first-order valence-electron chi connectivity index (χ1n) is 12.6. The predicted octanol–water partition coefficient (Wildman–Crippen LogP) is 5.50. The molecular formula is C28H33N3O3S. The van der Waals surface area contributed by atoms with Crippen molar-refractivity contribution in [2.45, 2.75) is 43.9 Å². The molecule has 2 fully saturated rings. The van der Waals surface area contributed by atoms with E-state index in [1.807, 2.05) is 41.3 Å². The normalized spacial score (nSPS) is 17.5. The monoisotopic (exact) mass is 491 g/mol. The topological polar surface area (TPSA) is 69.7 Å². The summed E-state index contributed by atoms with van der Waals surface area (Å²) in [5, 5.41) is 1.85. The lowest BCUT2D eigenvalue weighted by Crippen LogP contribution is -2.38. The van der Waals surface area contributed by atoms with Gasteiger partial charge in [-0.1, -0.05) is 37.3 Å². The van der Waals surface area contributed by atoms with Crippen LogP contribution in [0.4, 0.5) is 11.4 Å². The number of carbonyl (C=O) groups is 1. The van der Waals surface area contributed by atoms with Gasteiger partial charge in [-0.15, -0.1) is 0 Å². The number of amides is 1. The van der Waals surface area contributed by atoms with Gasteiger partial charge in [-0.3, -0.25) is 9.52 Å². The summed E-state index contributed by atoms with van der Waals surface area (Å²) in [5.74, 6) is 0.672. The minimum absolute atomic E-state index is 0.00919. The number of likely N-dealkylation sites (tertiary alicyclic amines) is 1. The number of sulfonamides is 1. The van der Waals surface area contributed by atoms with Gasteiger partial charge in [-0.25, -0.2) is 8.42 Å². The molecule has 0 aromatic heterocycles. The summed E-state index contributed by atoms with van der Waals surface area (Å²) in [6.07, 6.45) is 5.35. The van der Waals surface area contributed by atoms with Crippen LogP contribution in [0.1, 0.15) is 49.4 Å². The number of nitrogens with zero attached hydrogens (tertiary/aromatic N) is 2. The Morgan fingerprint density at radius 3 is 2.31 bits per heavy atom. The van der Waals surface area contributed by atoms with E-state index in [0.717, 1.165) is 74.7 Å². The fourth-order valence-corrected chi connectivity index (χ4v) is 6.20. The first-order valence-corrected chi connectivity index (χ1v) is 14.1. The summed E-state index contributed by atoms with van der Waals surface area (Å²) in [5.41, 5.74) is 1.90. The summed E-state index contributed by atoms with van der Waals surface area (Å²) < 4.78 is 29.2. The third-order valence-corrected chi connectivity index (χ3v) is 8.66. The minimum atomic E-state index is -3.81. The zero-order chi connectivity index (χ0) is 24.4. The van der Waals surface area contributed by atoms with Gasteiger partial charge in [0.05, 0.1) is 10.5 Å². The van der Waals surface area contributed by atoms with Gasteiger partial charge >= 0.3 is 0 Å². The number of benzene rings is 3. The standard InChI is InChI=1S/C28H33N3O3S/c1-21-13-17-30(18-14-21)27-12-10-24(20-26(27)28(32)31-15-5-2-6-16-31)29-35(33,34)25-11-9-22-7-3-4-8-23(22)19-25/h3-4,7-12,19-21,29H,2,5-6,13-18H2,1H3. The Labute approximate surface area is 208 Å². The molecule has 3 aromatic carbocycles. The number of piperidine rings is 2. The minimum Gasteiger partial charge on any atom is -0.371 e. The van der Waals surface area contributed by atoms with Gasteiger partial charge in [0.25, 0.3) is 15.9 Å². The molecule has 0 aliphatic carbocycles. The molecule has 0 atom stereocenters. The van der Waals surface area contributed by atoms with Crippen molar-refractivity contribution in [3.63, 3.8) is 0 Å². The van der Waals surface area contributed by atoms with Gasteiger partial charge in [0.1, 0.15) is 0 Å². The highest BCUT2D eigenvalue weighted by Gasteiger charge is 2.26. The maximum atomic E-state index is 13.6. The Hall–Kier alpha value is -3.06. The first kappa shape index (κ1) is 23.7. The van der Waals surface area contributed by atoms with E-state index in [1.54, 1.807) is 24.3 Å². The van der Waals surface area contributed by atoms with E-state index in [0.29, 0.717) is 17.2 Å². The number of fused-ring (bicyclic) bond motifs is 1. The van der Waals surface area contributed by atoms with E-state index < -0.39 is 10.0 Å². The molecule has 6 nitrogen and oxygen atoms in total. The predicted molar refractivity (Wildman–Crippen MR) is 142 cm³/mol. The van der Waals surface area contributed by atoms with Gasteiger partial charge in [0.2, 0.25) is 0 Å². The van der Waals surface area contributed by atoms with Crippen LogP contribution in [0.2, 0.25) is 0 Å². The molecule has 35 heavy (non-hydrogen) atoms. The van der Waals surface area contributed by atoms with Crippen LogP contribution in [0.15, 0.2) is 65.6 Å². The molecular weight excluding hydrogens is 458 g/mol. The number of hydrogen-bond acceptors (Lipinski definition) is 4. The zero-order valence-electron chi connectivity index (χ0n) is 20.2. The highest BCUT2D eigenvalue weighted by Crippen LogP contribution is 2.31. The molecule has 1 N–H and O–H groups in total. The van der Waals surface area contributed by atoms with Crippen molar-refractivity contribution in [1.82, 2.24) is 4.90 Å². The third kappa shape index (κ3) is 5.15. The average molecular weight is 492 g/mol. The van der Waals surface area contributed by atoms with Gasteiger partial charge in [0, 0.05) is 37.6 Å². The zero-order valence-corrected chi connectivity index (χ0v) is 21.1. The quantitative estimate of drug-likeness (QED) is 0.511. The highest BCUT2D eigenvalue weighted by atomic mass is 32.2. The largest absolute Gasteiger partial charge is 0.371 e. The van der Waals surface area contributed by atoms with Crippen LogP contribution < -0.4 is 9.62 Å². The Morgan fingerprint density at radius 2 is 1.57 bits per heavy atom. The van der Waals surface area contributed by atoms with E-state index in [2.05, 4.69) is 16.5 Å². The first-order chi connectivity index (χ1) is 16.9. The molecule has 0 unspecified atom stereocenters. The number of carbonyl (C=O) groups excluding carboxylic acids is 1. The lowest BCUT2D eigenvalue weighted by Gasteiger charge is -2.35. The molecule has 0 bridgehead atoms. The Bertz CT molecular complexity index is 1320. The van der Waals surface area contributed by atoms with E-state index >= 15 is 0 Å². The van der Waals surface area contributed by atoms with Gasteiger partial charge in [0.15, 0.2) is 0 Å². The molecule has 7 heteroatoms. The van der Waals surface area contributed by atoms with Crippen molar-refractivity contribution in [3.8, 4) is 0 Å². The highest BCUT2D eigenvalue weighted by molar-refractivity contribution is 7.92. The fraction of sp³-hybridized carbons (Fsp3) is 0.393. The van der Waals surface area contributed by atoms with Crippen molar-refractivity contribution in [3.05, 3.63) is 66.2 Å². The van der Waals surface area contributed by atoms with E-state index in [1.165, 1.54) is 0 Å². The summed E-state index contributed by atoms with van der Waals surface area (Å²) in [7, 11) is -3.81. The van der Waals surface area contributed by atoms with Crippen molar-refractivity contribution in [2.75, 3.05) is 35.8 Å². The second-order valence-electron chi connectivity index (χ2n) is 9.87.